The van der Waals surface area contributed by atoms with Gasteiger partial charge in [-0.15, -0.1) is 0 Å². The summed E-state index contributed by atoms with van der Waals surface area (Å²) in [6, 6.07) is 0.640. The van der Waals surface area contributed by atoms with Crippen molar-refractivity contribution >= 4 is 5.97 Å². The van der Waals surface area contributed by atoms with Crippen molar-refractivity contribution in [2.75, 3.05) is 27.2 Å². The summed E-state index contributed by atoms with van der Waals surface area (Å²) in [5, 5.41) is 3.11. The highest BCUT2D eigenvalue weighted by molar-refractivity contribution is 5.80. The Bertz CT molecular complexity index is 271. The van der Waals surface area contributed by atoms with Crippen LogP contribution in [0.25, 0.3) is 0 Å². The second-order valence-electron chi connectivity index (χ2n) is 5.88. The molecule has 0 spiro atoms. The molecule has 0 amide bonds. The summed E-state index contributed by atoms with van der Waals surface area (Å²) in [7, 11) is 4.01. The van der Waals surface area contributed by atoms with Crippen LogP contribution in [0, 0.1) is 0 Å². The van der Waals surface area contributed by atoms with Crippen LogP contribution in [-0.4, -0.2) is 49.7 Å². The number of nitrogens with one attached hydrogen (secondary N) is 1. The van der Waals surface area contributed by atoms with Crippen LogP contribution in [0.2, 0.25) is 0 Å². The first-order valence-electron chi connectivity index (χ1n) is 7.97. The van der Waals surface area contributed by atoms with E-state index in [-0.39, 0.29) is 5.97 Å². The molecule has 0 aromatic carbocycles. The van der Waals surface area contributed by atoms with E-state index in [1.54, 1.807) is 0 Å². The largest absolute Gasteiger partial charge is 0.465 e. The second kappa shape index (κ2) is 10.2. The Morgan fingerprint density at radius 3 is 2.50 bits per heavy atom. The Labute approximate surface area is 125 Å². The van der Waals surface area contributed by atoms with Gasteiger partial charge in [-0.05, 0) is 67.1 Å². The first-order chi connectivity index (χ1) is 9.41. The monoisotopic (exact) mass is 286 g/mol. The number of nitrogens with zero attached hydrogens (tertiary/aromatic N) is 1. The maximum absolute atomic E-state index is 11.9. The van der Waals surface area contributed by atoms with Gasteiger partial charge in [-0.25, -0.2) is 0 Å². The summed E-state index contributed by atoms with van der Waals surface area (Å²) < 4.78 is 5.13. The van der Waals surface area contributed by atoms with Gasteiger partial charge in [-0.1, -0.05) is 13.3 Å². The zero-order valence-electron chi connectivity index (χ0n) is 14.3. The van der Waals surface area contributed by atoms with Crippen LogP contribution >= 0.6 is 0 Å². The van der Waals surface area contributed by atoms with Gasteiger partial charge in [0.25, 0.3) is 0 Å². The fraction of sp³-hybridized carbons (Fsp3) is 0.938. The Kier molecular flexibility index (Phi) is 9.86. The number of ether oxygens (including phenoxy) is 1. The standard InChI is InChI=1S/C16H34N2O2/c1-7-11-14(3)18(6)13-10-9-12-16(4,17-5)15(19)20-8-2/h14,17H,7-13H2,1-6H3. The third-order valence-corrected chi connectivity index (χ3v) is 4.17. The van der Waals surface area contributed by atoms with Crippen LogP contribution in [0.3, 0.4) is 0 Å². The molecule has 1 N–H and O–H groups in total. The first-order valence-corrected chi connectivity index (χ1v) is 7.97. The zero-order chi connectivity index (χ0) is 15.6. The van der Waals surface area contributed by atoms with Crippen molar-refractivity contribution < 1.29 is 9.53 Å². The third kappa shape index (κ3) is 6.71. The van der Waals surface area contributed by atoms with Crippen LogP contribution < -0.4 is 5.32 Å². The predicted molar refractivity (Wildman–Crippen MR) is 84.9 cm³/mol. The van der Waals surface area contributed by atoms with E-state index in [1.165, 1.54) is 12.8 Å². The molecule has 4 nitrogen and oxygen atoms in total. The van der Waals surface area contributed by atoms with Gasteiger partial charge in [-0.3, -0.25) is 4.79 Å². The van der Waals surface area contributed by atoms with E-state index in [9.17, 15) is 4.79 Å². The van der Waals surface area contributed by atoms with Gasteiger partial charge in [0.1, 0.15) is 5.54 Å². The molecule has 0 aliphatic rings. The Hall–Kier alpha value is -0.610. The van der Waals surface area contributed by atoms with Crippen molar-refractivity contribution in [1.82, 2.24) is 10.2 Å². The summed E-state index contributed by atoms with van der Waals surface area (Å²) in [4.78, 5) is 14.3. The van der Waals surface area contributed by atoms with Crippen molar-refractivity contribution in [3.05, 3.63) is 0 Å². The van der Waals surface area contributed by atoms with Crippen LogP contribution in [0.15, 0.2) is 0 Å². The van der Waals surface area contributed by atoms with Crippen molar-refractivity contribution in [2.24, 2.45) is 0 Å². The SMILES string of the molecule is CCCC(C)N(C)CCCCC(C)(NC)C(=O)OCC. The first kappa shape index (κ1) is 19.4. The van der Waals surface area contributed by atoms with Crippen molar-refractivity contribution in [1.29, 1.82) is 0 Å². The number of unbranched alkanes of at least 4 members (excludes halogenated alkanes) is 1. The van der Waals surface area contributed by atoms with Crippen molar-refractivity contribution in [2.45, 2.75) is 71.4 Å². The molecular weight excluding hydrogens is 252 g/mol. The molecule has 0 bridgehead atoms. The van der Waals surface area contributed by atoms with Gasteiger partial charge in [0.05, 0.1) is 6.61 Å². The fourth-order valence-electron chi connectivity index (χ4n) is 2.32. The number of esters is 1. The van der Waals surface area contributed by atoms with Gasteiger partial charge in [0, 0.05) is 6.04 Å². The molecule has 0 aliphatic carbocycles. The summed E-state index contributed by atoms with van der Waals surface area (Å²) in [6.07, 6.45) is 5.43. The molecule has 0 aliphatic heterocycles. The number of likely N-dealkylation sites (N-methyl/N-ethyl adjacent to an activating group) is 1. The van der Waals surface area contributed by atoms with Gasteiger partial charge >= 0.3 is 5.97 Å². The van der Waals surface area contributed by atoms with E-state index in [4.69, 9.17) is 4.74 Å². The van der Waals surface area contributed by atoms with Gasteiger partial charge in [0.15, 0.2) is 0 Å². The Balaban J connectivity index is 4.05. The number of rotatable bonds is 11. The average Bonchev–Trinajstić information content (AvgIpc) is 2.43. The van der Waals surface area contributed by atoms with Crippen molar-refractivity contribution in [3.8, 4) is 0 Å². The Morgan fingerprint density at radius 2 is 2.00 bits per heavy atom. The van der Waals surface area contributed by atoms with Gasteiger partial charge in [-0.2, -0.15) is 0 Å². The maximum atomic E-state index is 11.9. The molecule has 4 heteroatoms. The lowest BCUT2D eigenvalue weighted by atomic mass is 9.95. The van der Waals surface area contributed by atoms with Gasteiger partial charge in [0.2, 0.25) is 0 Å². The van der Waals surface area contributed by atoms with E-state index in [0.717, 1.165) is 25.8 Å². The normalized spacial score (nSPS) is 15.9. The van der Waals surface area contributed by atoms with E-state index in [0.29, 0.717) is 12.6 Å². The number of hydrogen-bond acceptors (Lipinski definition) is 4. The molecule has 0 saturated heterocycles. The number of hydrogen-bond donors (Lipinski definition) is 1. The molecule has 0 radical (unpaired) electrons. The number of carbonyl (C=O) groups is 1. The van der Waals surface area contributed by atoms with E-state index >= 15 is 0 Å². The third-order valence-electron chi connectivity index (χ3n) is 4.17. The summed E-state index contributed by atoms with van der Waals surface area (Å²) in [5.74, 6) is -0.143. The van der Waals surface area contributed by atoms with Crippen LogP contribution in [0.1, 0.15) is 59.8 Å². The molecule has 0 aromatic rings. The minimum absolute atomic E-state index is 0.143. The lowest BCUT2D eigenvalue weighted by Crippen LogP contribution is -2.48. The molecule has 0 aromatic heterocycles. The van der Waals surface area contributed by atoms with E-state index in [1.807, 2.05) is 20.9 Å². The minimum Gasteiger partial charge on any atom is -0.465 e. The minimum atomic E-state index is -0.552. The van der Waals surface area contributed by atoms with Crippen LogP contribution in [-0.2, 0) is 9.53 Å². The average molecular weight is 286 g/mol. The molecule has 0 heterocycles. The quantitative estimate of drug-likeness (QED) is 0.468. The fourth-order valence-corrected chi connectivity index (χ4v) is 2.32. The molecule has 20 heavy (non-hydrogen) atoms. The van der Waals surface area contributed by atoms with Crippen LogP contribution in [0.5, 0.6) is 0 Å². The Morgan fingerprint density at radius 1 is 1.35 bits per heavy atom. The lowest BCUT2D eigenvalue weighted by molar-refractivity contribution is -0.150. The molecule has 0 fully saturated rings. The molecule has 2 atom stereocenters. The second-order valence-corrected chi connectivity index (χ2v) is 5.88. The molecule has 2 unspecified atom stereocenters. The molecule has 120 valence electrons. The summed E-state index contributed by atoms with van der Waals surface area (Å²) in [5.41, 5.74) is -0.552. The highest BCUT2D eigenvalue weighted by Gasteiger charge is 2.32. The molecule has 0 saturated carbocycles. The predicted octanol–water partition coefficient (Wildman–Crippen LogP) is 2.82. The highest BCUT2D eigenvalue weighted by Crippen LogP contribution is 2.16. The van der Waals surface area contributed by atoms with E-state index < -0.39 is 5.54 Å². The van der Waals surface area contributed by atoms with Crippen LogP contribution in [0.4, 0.5) is 0 Å². The van der Waals surface area contributed by atoms with Gasteiger partial charge < -0.3 is 15.0 Å². The molecular formula is C16H34N2O2. The zero-order valence-corrected chi connectivity index (χ0v) is 14.3. The topological polar surface area (TPSA) is 41.6 Å². The number of carbonyl (C=O) groups excluding carboxylic acids is 1. The van der Waals surface area contributed by atoms with Crippen molar-refractivity contribution in [3.63, 3.8) is 0 Å². The summed E-state index contributed by atoms with van der Waals surface area (Å²) in [6.45, 7) is 9.80. The maximum Gasteiger partial charge on any atom is 0.326 e. The highest BCUT2D eigenvalue weighted by atomic mass is 16.5. The molecule has 0 rings (SSSR count). The lowest BCUT2D eigenvalue weighted by Gasteiger charge is -2.28. The smallest absolute Gasteiger partial charge is 0.326 e. The summed E-state index contributed by atoms with van der Waals surface area (Å²) >= 11 is 0. The van der Waals surface area contributed by atoms with E-state index in [2.05, 4.69) is 31.1 Å².